The van der Waals surface area contributed by atoms with Crippen LogP contribution in [0.3, 0.4) is 0 Å². The first-order valence-corrected chi connectivity index (χ1v) is 10.8. The molecule has 1 unspecified atom stereocenters. The summed E-state index contributed by atoms with van der Waals surface area (Å²) in [5, 5.41) is 0. The van der Waals surface area contributed by atoms with Crippen LogP contribution in [0.5, 0.6) is 0 Å². The zero-order valence-corrected chi connectivity index (χ0v) is 15.4. The topological polar surface area (TPSA) is 110 Å². The molecule has 0 N–H and O–H groups in total. The molecule has 0 aromatic carbocycles. The van der Waals surface area contributed by atoms with Crippen molar-refractivity contribution >= 4 is 26.2 Å². The van der Waals surface area contributed by atoms with Gasteiger partial charge in [-0.1, -0.05) is 13.8 Å². The molecule has 0 aromatic rings. The van der Waals surface area contributed by atoms with E-state index in [1.807, 2.05) is 13.8 Å². The molecule has 0 bridgehead atoms. The minimum Gasteiger partial charge on any atom is -0.449 e. The molecule has 0 aliphatic carbocycles. The molecule has 1 heterocycles. The number of carbonyl (C=O) groups is 1. The summed E-state index contributed by atoms with van der Waals surface area (Å²) in [5.41, 5.74) is 0. The van der Waals surface area contributed by atoms with Crippen LogP contribution < -0.4 is 0 Å². The second-order valence-corrected chi connectivity index (χ2v) is 9.51. The van der Waals surface area contributed by atoms with Gasteiger partial charge in [0.1, 0.15) is 0 Å². The Morgan fingerprint density at radius 1 is 1.17 bits per heavy atom. The van der Waals surface area contributed by atoms with Gasteiger partial charge in [-0.25, -0.2) is 13.2 Å². The van der Waals surface area contributed by atoms with E-state index in [0.717, 1.165) is 16.8 Å². The van der Waals surface area contributed by atoms with Gasteiger partial charge in [0.25, 0.3) is 10.1 Å². The lowest BCUT2D eigenvalue weighted by Crippen LogP contribution is -2.58. The minimum atomic E-state index is -3.71. The van der Waals surface area contributed by atoms with E-state index in [2.05, 4.69) is 0 Å². The largest absolute Gasteiger partial charge is 0.449 e. The summed E-state index contributed by atoms with van der Waals surface area (Å²) < 4.78 is 56.8. The molecule has 1 fully saturated rings. The molecule has 0 saturated carbocycles. The summed E-state index contributed by atoms with van der Waals surface area (Å²) in [6.07, 6.45) is 1.37. The van der Waals surface area contributed by atoms with Crippen LogP contribution in [-0.4, -0.2) is 83.5 Å². The molecule has 1 atom stereocenters. The summed E-state index contributed by atoms with van der Waals surface area (Å²) in [5.74, 6) is 0.181. The Morgan fingerprint density at radius 2 is 1.78 bits per heavy atom. The molecule has 11 heteroatoms. The highest BCUT2D eigenvalue weighted by atomic mass is 32.2. The third kappa shape index (κ3) is 7.02. The van der Waals surface area contributed by atoms with Gasteiger partial charge in [0.05, 0.1) is 31.8 Å². The summed E-state index contributed by atoms with van der Waals surface area (Å²) >= 11 is 0. The molecule has 0 radical (unpaired) electrons. The monoisotopic (exact) mass is 372 g/mol. The Labute approximate surface area is 137 Å². The maximum absolute atomic E-state index is 12.0. The second kappa shape index (κ2) is 7.77. The zero-order chi connectivity index (χ0) is 17.8. The maximum atomic E-state index is 12.0. The van der Waals surface area contributed by atoms with Crippen LogP contribution in [0.1, 0.15) is 13.8 Å². The molecule has 0 aromatic heterocycles. The molecule has 1 aliphatic heterocycles. The first kappa shape index (κ1) is 20.1. The van der Waals surface area contributed by atoms with Crippen molar-refractivity contribution in [3.05, 3.63) is 0 Å². The molecule has 136 valence electrons. The third-order valence-corrected chi connectivity index (χ3v) is 5.02. The first-order valence-electron chi connectivity index (χ1n) is 7.13. The minimum absolute atomic E-state index is 0.0134. The average molecular weight is 372 g/mol. The van der Waals surface area contributed by atoms with Crippen molar-refractivity contribution in [1.29, 1.82) is 0 Å². The van der Waals surface area contributed by atoms with Gasteiger partial charge in [-0.05, 0) is 5.92 Å². The van der Waals surface area contributed by atoms with Gasteiger partial charge in [0.15, 0.2) is 0 Å². The summed E-state index contributed by atoms with van der Waals surface area (Å²) in [6, 6.07) is -0.778. The third-order valence-electron chi connectivity index (χ3n) is 3.13. The fourth-order valence-corrected chi connectivity index (χ4v) is 3.59. The predicted molar refractivity (Wildman–Crippen MR) is 83.9 cm³/mol. The van der Waals surface area contributed by atoms with Crippen LogP contribution in [-0.2, 0) is 29.1 Å². The normalized spacial score (nSPS) is 20.7. The number of rotatable bonds is 6. The van der Waals surface area contributed by atoms with E-state index in [9.17, 15) is 21.6 Å². The Kier molecular flexibility index (Phi) is 6.81. The van der Waals surface area contributed by atoms with Gasteiger partial charge in [-0.2, -0.15) is 12.7 Å². The predicted octanol–water partition coefficient (Wildman–Crippen LogP) is -0.299. The molecule has 1 saturated heterocycles. The van der Waals surface area contributed by atoms with Crippen LogP contribution in [0.4, 0.5) is 4.79 Å². The van der Waals surface area contributed by atoms with E-state index in [1.54, 1.807) is 0 Å². The first-order chi connectivity index (χ1) is 10.4. The van der Waals surface area contributed by atoms with Gasteiger partial charge in [0.2, 0.25) is 10.0 Å². The Balaban J connectivity index is 2.78. The lowest BCUT2D eigenvalue weighted by molar-refractivity contribution is 0.0591. The lowest BCUT2D eigenvalue weighted by atomic mass is 10.2. The number of hydrogen-bond acceptors (Lipinski definition) is 7. The van der Waals surface area contributed by atoms with Gasteiger partial charge >= 0.3 is 6.09 Å². The maximum Gasteiger partial charge on any atom is 0.409 e. The number of hydrogen-bond donors (Lipinski definition) is 0. The van der Waals surface area contributed by atoms with Gasteiger partial charge in [-0.3, -0.25) is 4.18 Å². The lowest BCUT2D eigenvalue weighted by Gasteiger charge is -2.39. The van der Waals surface area contributed by atoms with Crippen molar-refractivity contribution in [2.45, 2.75) is 19.9 Å². The van der Waals surface area contributed by atoms with E-state index in [1.165, 1.54) is 4.90 Å². The van der Waals surface area contributed by atoms with E-state index < -0.39 is 32.3 Å². The van der Waals surface area contributed by atoms with E-state index >= 15 is 0 Å². The number of amides is 1. The molecule has 23 heavy (non-hydrogen) atoms. The van der Waals surface area contributed by atoms with Crippen LogP contribution in [0.2, 0.25) is 0 Å². The molecule has 0 spiro atoms. The zero-order valence-electron chi connectivity index (χ0n) is 13.8. The van der Waals surface area contributed by atoms with Gasteiger partial charge < -0.3 is 9.64 Å². The van der Waals surface area contributed by atoms with Gasteiger partial charge in [-0.15, -0.1) is 0 Å². The Hall–Kier alpha value is -0.910. The smallest absolute Gasteiger partial charge is 0.409 e. The number of piperazine rings is 1. The molecular formula is C12H24N2O7S2. The molecular weight excluding hydrogens is 348 g/mol. The number of nitrogens with zero attached hydrogens (tertiary/aromatic N) is 2. The number of carbonyl (C=O) groups excluding carboxylic acids is 1. The number of ether oxygens (including phenoxy) is 1. The van der Waals surface area contributed by atoms with Crippen LogP contribution in [0.15, 0.2) is 0 Å². The van der Waals surface area contributed by atoms with Crippen molar-refractivity contribution in [2.24, 2.45) is 5.92 Å². The summed E-state index contributed by atoms with van der Waals surface area (Å²) in [7, 11) is -7.25. The van der Waals surface area contributed by atoms with Crippen LogP contribution in [0.25, 0.3) is 0 Å². The van der Waals surface area contributed by atoms with Crippen molar-refractivity contribution in [2.75, 3.05) is 45.4 Å². The highest BCUT2D eigenvalue weighted by Gasteiger charge is 2.36. The van der Waals surface area contributed by atoms with Crippen LogP contribution in [0, 0.1) is 5.92 Å². The van der Waals surface area contributed by atoms with E-state index in [-0.39, 0.29) is 38.8 Å². The van der Waals surface area contributed by atoms with Crippen LogP contribution >= 0.6 is 0 Å². The van der Waals surface area contributed by atoms with Crippen molar-refractivity contribution in [3.63, 3.8) is 0 Å². The van der Waals surface area contributed by atoms with Gasteiger partial charge in [0, 0.05) is 19.6 Å². The fourth-order valence-electron chi connectivity index (χ4n) is 2.11. The highest BCUT2D eigenvalue weighted by Crippen LogP contribution is 2.16. The second-order valence-electron chi connectivity index (χ2n) is 5.93. The van der Waals surface area contributed by atoms with E-state index in [4.69, 9.17) is 8.92 Å². The summed E-state index contributed by atoms with van der Waals surface area (Å²) in [4.78, 5) is 13.3. The SMILES string of the molecule is CC(C)COC(=O)N1CCN(S(C)(=O)=O)C(COS(C)(=O)=O)C1. The Morgan fingerprint density at radius 3 is 2.26 bits per heavy atom. The quantitative estimate of drug-likeness (QED) is 0.589. The molecule has 1 amide bonds. The van der Waals surface area contributed by atoms with Crippen molar-refractivity contribution in [1.82, 2.24) is 9.21 Å². The van der Waals surface area contributed by atoms with E-state index in [0.29, 0.717) is 0 Å². The highest BCUT2D eigenvalue weighted by molar-refractivity contribution is 7.88. The fraction of sp³-hybridized carbons (Fsp3) is 0.917. The molecule has 1 aliphatic rings. The summed E-state index contributed by atoms with van der Waals surface area (Å²) in [6.45, 7) is 3.97. The Bertz CT molecular complexity index is 615. The molecule has 9 nitrogen and oxygen atoms in total. The van der Waals surface area contributed by atoms with Crippen molar-refractivity contribution in [3.8, 4) is 0 Å². The standard InChI is InChI=1S/C12H24N2O7S2/c1-10(2)8-20-12(15)13-5-6-14(22(3,16)17)11(7-13)9-21-23(4,18)19/h10-11H,5-9H2,1-4H3. The molecule has 1 rings (SSSR count). The van der Waals surface area contributed by atoms with Crippen molar-refractivity contribution < 1.29 is 30.6 Å². The average Bonchev–Trinajstić information content (AvgIpc) is 2.40. The number of sulfonamides is 1.